The van der Waals surface area contributed by atoms with Crippen molar-refractivity contribution in [2.75, 3.05) is 0 Å². The molecule has 0 aromatic heterocycles. The quantitative estimate of drug-likeness (QED) is 0.664. The predicted octanol–water partition coefficient (Wildman–Crippen LogP) is 0.944. The summed E-state index contributed by atoms with van der Waals surface area (Å²) < 4.78 is 5.11. The van der Waals surface area contributed by atoms with Crippen molar-refractivity contribution in [1.29, 1.82) is 0 Å². The second-order valence-corrected chi connectivity index (χ2v) is 4.29. The molecule has 0 saturated heterocycles. The van der Waals surface area contributed by atoms with Crippen molar-refractivity contribution >= 4 is 17.8 Å². The number of hydrogen-bond donors (Lipinski definition) is 2. The minimum Gasteiger partial charge on any atom is -0.481 e. The van der Waals surface area contributed by atoms with Gasteiger partial charge in [0.25, 0.3) is 0 Å². The monoisotopic (exact) mass is 259 g/mol. The number of hydrogen-bond acceptors (Lipinski definition) is 4. The Bertz CT molecular complexity index is 316. The standard InChI is InChI=1S/C12H21NO5/c1-5-6-10(18-9(4)15)11(13-8(3)14)7(2)12(16)17/h7,10-11H,5-6H2,1-4H3,(H,13,14)(H,16,17)/t7-,10-,11+/m1/s1. The lowest BCUT2D eigenvalue weighted by Gasteiger charge is -2.29. The first kappa shape index (κ1) is 16.4. The van der Waals surface area contributed by atoms with Gasteiger partial charge in [-0.2, -0.15) is 0 Å². The smallest absolute Gasteiger partial charge is 0.308 e. The molecule has 0 radical (unpaired) electrons. The fourth-order valence-corrected chi connectivity index (χ4v) is 1.74. The summed E-state index contributed by atoms with van der Waals surface area (Å²) in [6.07, 6.45) is 0.602. The van der Waals surface area contributed by atoms with Crippen molar-refractivity contribution in [2.45, 2.75) is 52.7 Å². The van der Waals surface area contributed by atoms with Crippen LogP contribution in [-0.4, -0.2) is 35.1 Å². The Kier molecular flexibility index (Phi) is 7.00. The van der Waals surface area contributed by atoms with Crippen LogP contribution in [0.2, 0.25) is 0 Å². The van der Waals surface area contributed by atoms with Crippen LogP contribution in [0.3, 0.4) is 0 Å². The van der Waals surface area contributed by atoms with Crippen molar-refractivity contribution < 1.29 is 24.2 Å². The summed E-state index contributed by atoms with van der Waals surface area (Å²) in [6.45, 7) is 5.94. The van der Waals surface area contributed by atoms with Gasteiger partial charge < -0.3 is 15.2 Å². The van der Waals surface area contributed by atoms with E-state index in [-0.39, 0.29) is 5.91 Å². The Morgan fingerprint density at radius 1 is 1.28 bits per heavy atom. The second-order valence-electron chi connectivity index (χ2n) is 4.29. The number of carboxylic acids is 1. The topological polar surface area (TPSA) is 92.7 Å². The van der Waals surface area contributed by atoms with E-state index < -0.39 is 30.0 Å². The Morgan fingerprint density at radius 2 is 1.83 bits per heavy atom. The van der Waals surface area contributed by atoms with E-state index in [1.165, 1.54) is 20.8 Å². The molecule has 0 aromatic rings. The van der Waals surface area contributed by atoms with Gasteiger partial charge in [-0.15, -0.1) is 0 Å². The minimum atomic E-state index is -1.04. The first-order valence-electron chi connectivity index (χ1n) is 5.96. The molecule has 0 fully saturated rings. The Morgan fingerprint density at radius 3 is 2.17 bits per heavy atom. The summed E-state index contributed by atoms with van der Waals surface area (Å²) in [6, 6.07) is -0.719. The first-order chi connectivity index (χ1) is 8.29. The predicted molar refractivity (Wildman–Crippen MR) is 64.9 cm³/mol. The molecule has 0 bridgehead atoms. The van der Waals surface area contributed by atoms with Crippen molar-refractivity contribution in [3.63, 3.8) is 0 Å². The highest BCUT2D eigenvalue weighted by atomic mass is 16.5. The molecule has 104 valence electrons. The molecule has 0 aliphatic heterocycles. The zero-order valence-corrected chi connectivity index (χ0v) is 11.2. The fourth-order valence-electron chi connectivity index (χ4n) is 1.74. The second kappa shape index (κ2) is 7.68. The number of carboxylic acid groups (broad SMARTS) is 1. The van der Waals surface area contributed by atoms with E-state index in [9.17, 15) is 14.4 Å². The number of carbonyl (C=O) groups is 3. The Hall–Kier alpha value is -1.59. The molecule has 0 aromatic carbocycles. The number of ether oxygens (including phenoxy) is 1. The van der Waals surface area contributed by atoms with Crippen LogP contribution in [0.5, 0.6) is 0 Å². The molecule has 0 saturated carbocycles. The van der Waals surface area contributed by atoms with Crippen molar-refractivity contribution in [2.24, 2.45) is 5.92 Å². The minimum absolute atomic E-state index is 0.346. The summed E-state index contributed by atoms with van der Waals surface area (Å²) in [5, 5.41) is 11.6. The average Bonchev–Trinajstić information content (AvgIpc) is 2.23. The van der Waals surface area contributed by atoms with Crippen LogP contribution >= 0.6 is 0 Å². The van der Waals surface area contributed by atoms with Gasteiger partial charge in [0, 0.05) is 13.8 Å². The number of rotatable bonds is 7. The van der Waals surface area contributed by atoms with E-state index in [0.29, 0.717) is 6.42 Å². The van der Waals surface area contributed by atoms with Crippen LogP contribution in [-0.2, 0) is 19.1 Å². The molecular formula is C12H21NO5. The van der Waals surface area contributed by atoms with Gasteiger partial charge in [-0.25, -0.2) is 0 Å². The maximum Gasteiger partial charge on any atom is 0.308 e. The van der Waals surface area contributed by atoms with Crippen LogP contribution in [0.1, 0.15) is 40.5 Å². The van der Waals surface area contributed by atoms with E-state index >= 15 is 0 Å². The highest BCUT2D eigenvalue weighted by Gasteiger charge is 2.33. The molecule has 0 aliphatic rings. The number of carbonyl (C=O) groups excluding carboxylic acids is 2. The van der Waals surface area contributed by atoms with Gasteiger partial charge in [0.1, 0.15) is 6.10 Å². The molecule has 2 N–H and O–H groups in total. The number of amides is 1. The Labute approximate surface area is 107 Å². The van der Waals surface area contributed by atoms with E-state index in [1.807, 2.05) is 6.92 Å². The first-order valence-corrected chi connectivity index (χ1v) is 5.96. The lowest BCUT2D eigenvalue weighted by atomic mass is 9.93. The summed E-state index contributed by atoms with van der Waals surface area (Å²) >= 11 is 0. The van der Waals surface area contributed by atoms with Gasteiger partial charge in [-0.1, -0.05) is 13.3 Å². The number of aliphatic carboxylic acids is 1. The van der Waals surface area contributed by atoms with Crippen LogP contribution in [0.25, 0.3) is 0 Å². The molecule has 1 amide bonds. The maximum absolute atomic E-state index is 11.1. The van der Waals surface area contributed by atoms with E-state index in [1.54, 1.807) is 0 Å². The molecule has 6 nitrogen and oxygen atoms in total. The van der Waals surface area contributed by atoms with Crippen molar-refractivity contribution in [3.05, 3.63) is 0 Å². The third-order valence-corrected chi connectivity index (χ3v) is 2.59. The lowest BCUT2D eigenvalue weighted by Crippen LogP contribution is -2.50. The lowest BCUT2D eigenvalue weighted by molar-refractivity contribution is -0.154. The van der Waals surface area contributed by atoms with Gasteiger partial charge in [0.15, 0.2) is 0 Å². The maximum atomic E-state index is 11.1. The highest BCUT2D eigenvalue weighted by molar-refractivity contribution is 5.76. The summed E-state index contributed by atoms with van der Waals surface area (Å²) in [5.74, 6) is -2.70. The van der Waals surface area contributed by atoms with Crippen molar-refractivity contribution in [3.8, 4) is 0 Å². The van der Waals surface area contributed by atoms with E-state index in [2.05, 4.69) is 5.32 Å². The third-order valence-electron chi connectivity index (χ3n) is 2.59. The van der Waals surface area contributed by atoms with Gasteiger partial charge in [0.2, 0.25) is 5.91 Å². The molecule has 0 spiro atoms. The normalized spacial score (nSPS) is 15.3. The Balaban J connectivity index is 5.00. The van der Waals surface area contributed by atoms with E-state index in [4.69, 9.17) is 9.84 Å². The molecule has 0 rings (SSSR count). The highest BCUT2D eigenvalue weighted by Crippen LogP contribution is 2.16. The summed E-state index contributed by atoms with van der Waals surface area (Å²) in [7, 11) is 0. The summed E-state index contributed by atoms with van der Waals surface area (Å²) in [5.41, 5.74) is 0. The number of nitrogens with one attached hydrogen (secondary N) is 1. The van der Waals surface area contributed by atoms with E-state index in [0.717, 1.165) is 6.42 Å². The molecule has 0 unspecified atom stereocenters. The fraction of sp³-hybridized carbons (Fsp3) is 0.750. The zero-order valence-electron chi connectivity index (χ0n) is 11.2. The molecule has 3 atom stereocenters. The zero-order chi connectivity index (χ0) is 14.3. The van der Waals surface area contributed by atoms with Crippen LogP contribution in [0.15, 0.2) is 0 Å². The molecule has 0 aliphatic carbocycles. The van der Waals surface area contributed by atoms with Gasteiger partial charge in [-0.05, 0) is 13.3 Å². The van der Waals surface area contributed by atoms with Gasteiger partial charge >= 0.3 is 11.9 Å². The molecular weight excluding hydrogens is 238 g/mol. The largest absolute Gasteiger partial charge is 0.481 e. The third kappa shape index (κ3) is 5.65. The molecule has 18 heavy (non-hydrogen) atoms. The SMILES string of the molecule is CCC[C@@H](OC(C)=O)[C@@H](NC(C)=O)[C@@H](C)C(=O)O. The number of esters is 1. The van der Waals surface area contributed by atoms with Gasteiger partial charge in [-0.3, -0.25) is 14.4 Å². The van der Waals surface area contributed by atoms with Crippen molar-refractivity contribution in [1.82, 2.24) is 5.32 Å². The molecule has 6 heteroatoms. The van der Waals surface area contributed by atoms with Crippen LogP contribution in [0, 0.1) is 5.92 Å². The molecule has 0 heterocycles. The van der Waals surface area contributed by atoms with Crippen LogP contribution in [0.4, 0.5) is 0 Å². The van der Waals surface area contributed by atoms with Crippen LogP contribution < -0.4 is 5.32 Å². The van der Waals surface area contributed by atoms with Gasteiger partial charge in [0.05, 0.1) is 12.0 Å². The summed E-state index contributed by atoms with van der Waals surface area (Å²) in [4.78, 5) is 33.2. The average molecular weight is 259 g/mol.